The first-order valence-electron chi connectivity index (χ1n) is 10.4. The summed E-state index contributed by atoms with van der Waals surface area (Å²) in [5, 5.41) is 19.8. The van der Waals surface area contributed by atoms with Crippen LogP contribution in [0.1, 0.15) is 41.4 Å². The van der Waals surface area contributed by atoms with E-state index in [-0.39, 0.29) is 48.7 Å². The van der Waals surface area contributed by atoms with Gasteiger partial charge in [0.1, 0.15) is 25.4 Å². The first-order valence-corrected chi connectivity index (χ1v) is 10.4. The Hall–Kier alpha value is -3.80. The molecule has 11 nitrogen and oxygen atoms in total. The Labute approximate surface area is 201 Å². The van der Waals surface area contributed by atoms with Crippen LogP contribution >= 0.6 is 0 Å². The lowest BCUT2D eigenvalue weighted by Gasteiger charge is -2.15. The van der Waals surface area contributed by atoms with Crippen molar-refractivity contribution in [3.63, 3.8) is 0 Å². The predicted molar refractivity (Wildman–Crippen MR) is 119 cm³/mol. The Balaban J connectivity index is 1.65. The van der Waals surface area contributed by atoms with E-state index < -0.39 is 36.1 Å². The van der Waals surface area contributed by atoms with Crippen LogP contribution in [-0.2, 0) is 23.7 Å². The number of hydrogen-bond donors (Lipinski definition) is 2. The van der Waals surface area contributed by atoms with Gasteiger partial charge in [0.05, 0.1) is 49.7 Å². The fourth-order valence-corrected chi connectivity index (χ4v) is 2.67. The molecule has 35 heavy (non-hydrogen) atoms. The molecule has 0 aliphatic carbocycles. The van der Waals surface area contributed by atoms with Crippen LogP contribution in [0.25, 0.3) is 0 Å². The minimum absolute atomic E-state index is 0.183. The molecule has 2 rings (SSSR count). The normalized spacial score (nSPS) is 12.2. The highest BCUT2D eigenvalue weighted by atomic mass is 16.6. The topological polar surface area (TPSA) is 155 Å². The van der Waals surface area contributed by atoms with Crippen LogP contribution in [0.15, 0.2) is 48.5 Å². The number of aliphatic hydroxyl groups excluding tert-OH is 2. The molecule has 0 bridgehead atoms. The largest absolute Gasteiger partial charge is 0.465 e. The van der Waals surface area contributed by atoms with E-state index >= 15 is 0 Å². The van der Waals surface area contributed by atoms with Gasteiger partial charge in [0.25, 0.3) is 0 Å². The van der Waals surface area contributed by atoms with Crippen molar-refractivity contribution in [3.8, 4) is 0 Å². The van der Waals surface area contributed by atoms with E-state index in [1.165, 1.54) is 62.8 Å². The van der Waals surface area contributed by atoms with E-state index in [1.54, 1.807) is 0 Å². The van der Waals surface area contributed by atoms with Gasteiger partial charge in [-0.1, -0.05) is 0 Å². The van der Waals surface area contributed by atoms with Gasteiger partial charge < -0.3 is 33.9 Å². The smallest absolute Gasteiger partial charge is 0.338 e. The second-order valence-electron chi connectivity index (χ2n) is 7.18. The van der Waals surface area contributed by atoms with E-state index in [1.807, 2.05) is 0 Å². The SMILES string of the molecule is COC(=O)c1ccc(C(=O)OCC(O)COCC(O)COC(=O)c2ccc(C(=O)OC)cc2)cc1. The van der Waals surface area contributed by atoms with Gasteiger partial charge in [-0.2, -0.15) is 0 Å². The van der Waals surface area contributed by atoms with Crippen molar-refractivity contribution in [2.75, 3.05) is 40.6 Å². The molecule has 2 unspecified atom stereocenters. The molecule has 0 heterocycles. The summed E-state index contributed by atoms with van der Waals surface area (Å²) in [5.74, 6) is -2.48. The molecule has 2 atom stereocenters. The third kappa shape index (κ3) is 8.81. The molecule has 0 saturated heterocycles. The van der Waals surface area contributed by atoms with Crippen LogP contribution in [0.5, 0.6) is 0 Å². The summed E-state index contributed by atoms with van der Waals surface area (Å²) in [6.45, 7) is -1.20. The molecule has 2 aromatic carbocycles. The summed E-state index contributed by atoms with van der Waals surface area (Å²) in [7, 11) is 2.49. The van der Waals surface area contributed by atoms with Crippen molar-refractivity contribution >= 4 is 23.9 Å². The van der Waals surface area contributed by atoms with E-state index in [2.05, 4.69) is 9.47 Å². The van der Waals surface area contributed by atoms with Crippen LogP contribution in [0.2, 0.25) is 0 Å². The molecule has 11 heteroatoms. The zero-order chi connectivity index (χ0) is 25.8. The van der Waals surface area contributed by atoms with Crippen molar-refractivity contribution in [1.29, 1.82) is 0 Å². The average Bonchev–Trinajstić information content (AvgIpc) is 2.89. The second-order valence-corrected chi connectivity index (χ2v) is 7.18. The molecule has 2 N–H and O–H groups in total. The maximum Gasteiger partial charge on any atom is 0.338 e. The lowest BCUT2D eigenvalue weighted by atomic mass is 10.1. The van der Waals surface area contributed by atoms with Crippen molar-refractivity contribution in [2.45, 2.75) is 12.2 Å². The number of aliphatic hydroxyl groups is 2. The Morgan fingerprint density at radius 3 is 1.14 bits per heavy atom. The van der Waals surface area contributed by atoms with Gasteiger partial charge in [-0.05, 0) is 48.5 Å². The average molecular weight is 490 g/mol. The van der Waals surface area contributed by atoms with E-state index in [9.17, 15) is 29.4 Å². The van der Waals surface area contributed by atoms with Gasteiger partial charge in [-0.25, -0.2) is 19.2 Å². The molecule has 0 aromatic heterocycles. The molecular formula is C24H26O11. The van der Waals surface area contributed by atoms with Gasteiger partial charge in [0.15, 0.2) is 0 Å². The van der Waals surface area contributed by atoms with Gasteiger partial charge in [0, 0.05) is 0 Å². The fourth-order valence-electron chi connectivity index (χ4n) is 2.67. The van der Waals surface area contributed by atoms with Crippen LogP contribution in [0, 0.1) is 0 Å². The molecule has 0 aliphatic rings. The van der Waals surface area contributed by atoms with Gasteiger partial charge in [0.2, 0.25) is 0 Å². The fraction of sp³-hybridized carbons (Fsp3) is 0.333. The zero-order valence-electron chi connectivity index (χ0n) is 19.2. The third-order valence-electron chi connectivity index (χ3n) is 4.52. The number of carbonyl (C=O) groups is 4. The molecule has 188 valence electrons. The minimum Gasteiger partial charge on any atom is -0.465 e. The highest BCUT2D eigenvalue weighted by Crippen LogP contribution is 2.09. The lowest BCUT2D eigenvalue weighted by Crippen LogP contribution is -2.28. The van der Waals surface area contributed by atoms with E-state index in [0.29, 0.717) is 0 Å². The molecule has 0 saturated carbocycles. The van der Waals surface area contributed by atoms with Gasteiger partial charge in [-0.15, -0.1) is 0 Å². The summed E-state index contributed by atoms with van der Waals surface area (Å²) >= 11 is 0. The van der Waals surface area contributed by atoms with Gasteiger partial charge in [-0.3, -0.25) is 0 Å². The number of benzene rings is 2. The first-order chi connectivity index (χ1) is 16.7. The summed E-state index contributed by atoms with van der Waals surface area (Å²) in [6, 6.07) is 11.2. The van der Waals surface area contributed by atoms with Crippen molar-refractivity contribution in [2.24, 2.45) is 0 Å². The number of methoxy groups -OCH3 is 2. The number of carbonyl (C=O) groups excluding carboxylic acids is 4. The maximum atomic E-state index is 12.0. The Morgan fingerprint density at radius 1 is 0.571 bits per heavy atom. The number of esters is 4. The van der Waals surface area contributed by atoms with E-state index in [0.717, 1.165) is 0 Å². The van der Waals surface area contributed by atoms with Crippen molar-refractivity contribution in [1.82, 2.24) is 0 Å². The van der Waals surface area contributed by atoms with Crippen molar-refractivity contribution < 1.29 is 53.1 Å². The molecule has 0 spiro atoms. The summed E-state index contributed by atoms with van der Waals surface area (Å²) in [5.41, 5.74) is 0.919. The Morgan fingerprint density at radius 2 is 0.857 bits per heavy atom. The highest BCUT2D eigenvalue weighted by molar-refractivity contribution is 5.94. The minimum atomic E-state index is -1.16. The van der Waals surface area contributed by atoms with Crippen LogP contribution in [0.3, 0.4) is 0 Å². The number of ether oxygens (including phenoxy) is 5. The quantitative estimate of drug-likeness (QED) is 0.323. The molecule has 0 radical (unpaired) electrons. The Bertz CT molecular complexity index is 918. The molecular weight excluding hydrogens is 464 g/mol. The van der Waals surface area contributed by atoms with Crippen LogP contribution in [0.4, 0.5) is 0 Å². The standard InChI is InChI=1S/C24H26O11/c1-31-21(27)15-3-7-17(8-4-15)23(29)34-13-19(25)11-33-12-20(26)14-35-24(30)18-9-5-16(6-10-18)22(28)32-2/h3-10,19-20,25-26H,11-14H2,1-2H3. The van der Waals surface area contributed by atoms with Crippen LogP contribution in [-0.4, -0.2) is 86.9 Å². The van der Waals surface area contributed by atoms with E-state index in [4.69, 9.17) is 14.2 Å². The molecule has 0 aliphatic heterocycles. The van der Waals surface area contributed by atoms with Crippen LogP contribution < -0.4 is 0 Å². The van der Waals surface area contributed by atoms with Gasteiger partial charge >= 0.3 is 23.9 Å². The van der Waals surface area contributed by atoms with Crippen molar-refractivity contribution in [3.05, 3.63) is 70.8 Å². The third-order valence-corrected chi connectivity index (χ3v) is 4.52. The monoisotopic (exact) mass is 490 g/mol. The molecule has 0 amide bonds. The highest BCUT2D eigenvalue weighted by Gasteiger charge is 2.15. The predicted octanol–water partition coefficient (Wildman–Crippen LogP) is 1.01. The Kier molecular flexibility index (Phi) is 10.8. The first kappa shape index (κ1) is 27.4. The zero-order valence-corrected chi connectivity index (χ0v) is 19.2. The summed E-state index contributed by atoms with van der Waals surface area (Å²) in [6.07, 6.45) is -2.31. The molecule has 2 aromatic rings. The number of rotatable bonds is 12. The lowest BCUT2D eigenvalue weighted by molar-refractivity contribution is -0.0454. The summed E-state index contributed by atoms with van der Waals surface area (Å²) in [4.78, 5) is 46.8. The number of hydrogen-bond acceptors (Lipinski definition) is 11. The molecule has 0 fully saturated rings. The maximum absolute atomic E-state index is 12.0. The second kappa shape index (κ2) is 13.8. The summed E-state index contributed by atoms with van der Waals surface area (Å²) < 4.78 is 24.3.